The lowest BCUT2D eigenvalue weighted by atomic mass is 9.97. The smallest absolute Gasteiger partial charge is 0.303 e. The minimum absolute atomic E-state index is 0.0839. The molecule has 0 radical (unpaired) electrons. The van der Waals surface area contributed by atoms with Gasteiger partial charge in [-0.25, -0.2) is 0 Å². The lowest BCUT2D eigenvalue weighted by Crippen LogP contribution is -2.02. The van der Waals surface area contributed by atoms with E-state index in [-0.39, 0.29) is 6.42 Å². The molecule has 0 bridgehead atoms. The topological polar surface area (TPSA) is 55.8 Å². The van der Waals surface area contributed by atoms with E-state index >= 15 is 0 Å². The van der Waals surface area contributed by atoms with Crippen LogP contribution in [0.5, 0.6) is 11.5 Å². The van der Waals surface area contributed by atoms with Gasteiger partial charge >= 0.3 is 5.97 Å². The summed E-state index contributed by atoms with van der Waals surface area (Å²) in [5.74, 6) is 1.01. The molecular weight excluding hydrogens is 232 g/mol. The van der Waals surface area contributed by atoms with E-state index in [1.54, 1.807) is 14.2 Å². The van der Waals surface area contributed by atoms with E-state index in [2.05, 4.69) is 13.8 Å². The molecule has 0 amide bonds. The van der Waals surface area contributed by atoms with Gasteiger partial charge in [-0.05, 0) is 30.0 Å². The van der Waals surface area contributed by atoms with Crippen molar-refractivity contribution in [1.82, 2.24) is 0 Å². The van der Waals surface area contributed by atoms with Gasteiger partial charge in [-0.15, -0.1) is 0 Å². The van der Waals surface area contributed by atoms with E-state index in [9.17, 15) is 4.79 Å². The minimum atomic E-state index is -0.816. The van der Waals surface area contributed by atoms with Crippen molar-refractivity contribution >= 4 is 5.97 Å². The number of hydrogen-bond acceptors (Lipinski definition) is 3. The highest BCUT2D eigenvalue weighted by atomic mass is 16.5. The van der Waals surface area contributed by atoms with Crippen LogP contribution in [0.2, 0.25) is 0 Å². The SMILES string of the molecule is COc1cc(C(C)C)c(OC)cc1CCC(=O)O. The maximum Gasteiger partial charge on any atom is 0.303 e. The van der Waals surface area contributed by atoms with Crippen molar-refractivity contribution in [2.24, 2.45) is 0 Å². The molecule has 1 N–H and O–H groups in total. The molecule has 100 valence electrons. The highest BCUT2D eigenvalue weighted by Crippen LogP contribution is 2.34. The lowest BCUT2D eigenvalue weighted by molar-refractivity contribution is -0.136. The second-order valence-corrected chi connectivity index (χ2v) is 4.45. The van der Waals surface area contributed by atoms with Gasteiger partial charge in [0, 0.05) is 12.0 Å². The van der Waals surface area contributed by atoms with Crippen molar-refractivity contribution in [3.63, 3.8) is 0 Å². The largest absolute Gasteiger partial charge is 0.496 e. The van der Waals surface area contributed by atoms with Gasteiger partial charge in [0.15, 0.2) is 0 Å². The summed E-state index contributed by atoms with van der Waals surface area (Å²) < 4.78 is 10.7. The molecule has 18 heavy (non-hydrogen) atoms. The first kappa shape index (κ1) is 14.4. The lowest BCUT2D eigenvalue weighted by Gasteiger charge is -2.16. The quantitative estimate of drug-likeness (QED) is 0.845. The predicted molar refractivity (Wildman–Crippen MR) is 69.6 cm³/mol. The number of aliphatic carboxylic acids is 1. The third-order valence-corrected chi connectivity index (χ3v) is 2.86. The Morgan fingerprint density at radius 1 is 1.22 bits per heavy atom. The fraction of sp³-hybridized carbons (Fsp3) is 0.500. The number of carboxylic acid groups (broad SMARTS) is 1. The van der Waals surface area contributed by atoms with Crippen LogP contribution in [0.1, 0.15) is 37.3 Å². The zero-order valence-electron chi connectivity index (χ0n) is 11.3. The van der Waals surface area contributed by atoms with Crippen LogP contribution in [0.25, 0.3) is 0 Å². The number of hydrogen-bond donors (Lipinski definition) is 1. The van der Waals surface area contributed by atoms with E-state index in [4.69, 9.17) is 14.6 Å². The summed E-state index contributed by atoms with van der Waals surface area (Å²) in [6, 6.07) is 3.80. The number of ether oxygens (including phenoxy) is 2. The third-order valence-electron chi connectivity index (χ3n) is 2.86. The number of benzene rings is 1. The van der Waals surface area contributed by atoms with E-state index in [0.29, 0.717) is 12.3 Å². The molecule has 4 nitrogen and oxygen atoms in total. The second kappa shape index (κ2) is 6.28. The summed E-state index contributed by atoms with van der Waals surface area (Å²) in [5, 5.41) is 8.74. The third kappa shape index (κ3) is 3.39. The van der Waals surface area contributed by atoms with Gasteiger partial charge in [-0.3, -0.25) is 4.79 Å². The van der Waals surface area contributed by atoms with Crippen LogP contribution in [0.4, 0.5) is 0 Å². The fourth-order valence-electron chi connectivity index (χ4n) is 1.87. The molecule has 0 aliphatic rings. The zero-order valence-corrected chi connectivity index (χ0v) is 11.3. The van der Waals surface area contributed by atoms with Crippen LogP contribution in [0.3, 0.4) is 0 Å². The molecule has 0 aromatic heterocycles. The summed E-state index contributed by atoms with van der Waals surface area (Å²) in [6.07, 6.45) is 0.522. The Hall–Kier alpha value is -1.71. The Balaban J connectivity index is 3.13. The van der Waals surface area contributed by atoms with Gasteiger partial charge < -0.3 is 14.6 Å². The molecule has 0 aliphatic carbocycles. The molecule has 0 saturated heterocycles. The zero-order chi connectivity index (χ0) is 13.7. The van der Waals surface area contributed by atoms with Crippen molar-refractivity contribution in [2.45, 2.75) is 32.6 Å². The van der Waals surface area contributed by atoms with E-state index in [1.807, 2.05) is 12.1 Å². The van der Waals surface area contributed by atoms with Crippen molar-refractivity contribution in [3.05, 3.63) is 23.3 Å². The molecule has 0 spiro atoms. The summed E-state index contributed by atoms with van der Waals surface area (Å²) in [4.78, 5) is 10.6. The van der Waals surface area contributed by atoms with Gasteiger partial charge in [-0.2, -0.15) is 0 Å². The first-order valence-corrected chi connectivity index (χ1v) is 5.96. The summed E-state index contributed by atoms with van der Waals surface area (Å²) in [6.45, 7) is 4.16. The number of methoxy groups -OCH3 is 2. The van der Waals surface area contributed by atoms with Crippen LogP contribution < -0.4 is 9.47 Å². The maximum absolute atomic E-state index is 10.6. The van der Waals surface area contributed by atoms with Crippen molar-refractivity contribution < 1.29 is 19.4 Å². The van der Waals surface area contributed by atoms with Crippen LogP contribution in [0, 0.1) is 0 Å². The van der Waals surface area contributed by atoms with Gasteiger partial charge in [-0.1, -0.05) is 13.8 Å². The van der Waals surface area contributed by atoms with Crippen molar-refractivity contribution in [3.8, 4) is 11.5 Å². The molecule has 0 fully saturated rings. The molecule has 1 rings (SSSR count). The second-order valence-electron chi connectivity index (χ2n) is 4.45. The molecule has 0 unspecified atom stereocenters. The molecule has 4 heteroatoms. The minimum Gasteiger partial charge on any atom is -0.496 e. The monoisotopic (exact) mass is 252 g/mol. The summed E-state index contributed by atoms with van der Waals surface area (Å²) >= 11 is 0. The average Bonchev–Trinajstić information content (AvgIpc) is 2.34. The van der Waals surface area contributed by atoms with Crippen LogP contribution in [-0.2, 0) is 11.2 Å². The van der Waals surface area contributed by atoms with E-state index in [0.717, 1.165) is 22.6 Å². The van der Waals surface area contributed by atoms with Crippen LogP contribution >= 0.6 is 0 Å². The first-order chi connectivity index (χ1) is 8.49. The molecule has 0 saturated carbocycles. The molecule has 1 aromatic rings. The highest BCUT2D eigenvalue weighted by Gasteiger charge is 2.14. The Labute approximate surface area is 108 Å². The number of carboxylic acids is 1. The Bertz CT molecular complexity index is 424. The maximum atomic E-state index is 10.6. The predicted octanol–water partition coefficient (Wildman–Crippen LogP) is 2.84. The molecule has 1 aromatic carbocycles. The number of aryl methyl sites for hydroxylation is 1. The summed E-state index contributed by atoms with van der Waals surface area (Å²) in [7, 11) is 3.21. The van der Waals surface area contributed by atoms with Gasteiger partial charge in [0.1, 0.15) is 11.5 Å². The first-order valence-electron chi connectivity index (χ1n) is 5.96. The number of carbonyl (C=O) groups is 1. The Kier molecular flexibility index (Phi) is 5.01. The molecule has 0 atom stereocenters. The molecular formula is C14H20O4. The van der Waals surface area contributed by atoms with Gasteiger partial charge in [0.25, 0.3) is 0 Å². The molecule has 0 aliphatic heterocycles. The van der Waals surface area contributed by atoms with E-state index < -0.39 is 5.97 Å². The normalized spacial score (nSPS) is 10.5. The van der Waals surface area contributed by atoms with Gasteiger partial charge in [0.05, 0.1) is 14.2 Å². The Morgan fingerprint density at radius 2 is 1.83 bits per heavy atom. The van der Waals surface area contributed by atoms with Crippen molar-refractivity contribution in [1.29, 1.82) is 0 Å². The standard InChI is InChI=1S/C14H20O4/c1-9(2)11-8-12(17-3)10(5-6-14(15)16)7-13(11)18-4/h7-9H,5-6H2,1-4H3,(H,15,16). The molecule has 0 heterocycles. The Morgan fingerprint density at radius 3 is 2.28 bits per heavy atom. The van der Waals surface area contributed by atoms with Crippen LogP contribution in [0.15, 0.2) is 12.1 Å². The number of rotatable bonds is 6. The van der Waals surface area contributed by atoms with Gasteiger partial charge in [0.2, 0.25) is 0 Å². The average molecular weight is 252 g/mol. The van der Waals surface area contributed by atoms with Crippen molar-refractivity contribution in [2.75, 3.05) is 14.2 Å². The fourth-order valence-corrected chi connectivity index (χ4v) is 1.87. The summed E-state index contributed by atoms with van der Waals surface area (Å²) in [5.41, 5.74) is 1.93. The van der Waals surface area contributed by atoms with Crippen LogP contribution in [-0.4, -0.2) is 25.3 Å². The highest BCUT2D eigenvalue weighted by molar-refractivity contribution is 5.67. The van der Waals surface area contributed by atoms with E-state index in [1.165, 1.54) is 0 Å².